The number of phenolic OH excluding ortho intramolecular Hbond substituents is 1. The lowest BCUT2D eigenvalue weighted by Gasteiger charge is -2.36. The van der Waals surface area contributed by atoms with Gasteiger partial charge in [-0.3, -0.25) is 48.4 Å². The number of carbonyl (C=O) groups is 6. The van der Waals surface area contributed by atoms with Gasteiger partial charge in [-0.05, 0) is 332 Å². The average Bonchev–Trinajstić information content (AvgIpc) is 1.66. The van der Waals surface area contributed by atoms with Crippen molar-refractivity contribution < 1.29 is 62.3 Å². The van der Waals surface area contributed by atoms with E-state index in [0.29, 0.717) is 17.6 Å². The highest BCUT2D eigenvalue weighted by molar-refractivity contribution is 5.81. The molecule has 0 bridgehead atoms. The predicted molar refractivity (Wildman–Crippen MR) is 594 cm³/mol. The third-order valence-corrected chi connectivity index (χ3v) is 35.7. The molecule has 0 spiro atoms. The van der Waals surface area contributed by atoms with Crippen LogP contribution in [0.5, 0.6) is 5.75 Å². The number of carbonyl (C=O) groups excluding carboxylic acids is 6. The molecule has 12 aliphatic rings. The molecule has 23 heteroatoms. The standard InChI is InChI=1S/2C22H34N2O2.C21H32N2O3.C21H32N2O2.2C19H27NO2/c2*1-4-22(5-2)17-20(26-21(22)25)7-6-12-23-13-15-24(16-14-23)19-10-8-18(3)9-11-19;1-3-21(4-2)16-19(26-20(21)25)6-5-11-22-12-14-23(15-13-22)17-7-9-18(24)10-8-17;1-3-21(4-2)17-19(25-20(21)24)11-8-12-22-13-15-23(16-14-22)18-9-6-5-7-10-18;2*1-19(2)14-17(22-18(19)21)10-13-20-11-8-16(9-12-20)15-6-4-3-5-7-15/h2*8-11,20H,4-7,12-17H2,1-3H3;7-10,19,24H,3-6,11-16H2,1-2H3;5-7,9-10,19H,3-4,8,11-17H2,1-2H3;2*3-7,16-17H,8-14H2,1-2H3/t;;;;2*17-/m....10/s1. The predicted octanol–water partition coefficient (Wildman–Crippen LogP) is 22.4. The van der Waals surface area contributed by atoms with E-state index in [-0.39, 0.29) is 105 Å². The lowest BCUT2D eigenvalue weighted by Crippen LogP contribution is -2.46. The van der Waals surface area contributed by atoms with E-state index in [1.807, 2.05) is 39.8 Å². The molecular formula is C124H186N10O13. The zero-order valence-electron chi connectivity index (χ0n) is 92.7. The number of para-hydroxylation sites is 1. The quantitative estimate of drug-likeness (QED) is 0.0286. The summed E-state index contributed by atoms with van der Waals surface area (Å²) in [4.78, 5) is 97.1. The van der Waals surface area contributed by atoms with Gasteiger partial charge >= 0.3 is 35.8 Å². The summed E-state index contributed by atoms with van der Waals surface area (Å²) < 4.78 is 33.6. The van der Waals surface area contributed by atoms with Crippen LogP contribution in [0, 0.1) is 46.3 Å². The fraction of sp³-hybridized carbons (Fsp3) is 0.661. The van der Waals surface area contributed by atoms with E-state index in [4.69, 9.17) is 28.4 Å². The van der Waals surface area contributed by atoms with E-state index in [1.165, 1.54) is 70.7 Å². The summed E-state index contributed by atoms with van der Waals surface area (Å²) in [6.07, 6.45) is 28.7. The largest absolute Gasteiger partial charge is 0.508 e. The minimum Gasteiger partial charge on any atom is -0.508 e. The highest BCUT2D eigenvalue weighted by Crippen LogP contribution is 2.47. The summed E-state index contributed by atoms with van der Waals surface area (Å²) in [5.74, 6) is 1.82. The molecule has 0 amide bonds. The summed E-state index contributed by atoms with van der Waals surface area (Å²) in [6.45, 7) is 57.6. The van der Waals surface area contributed by atoms with Crippen LogP contribution in [0.1, 0.15) is 297 Å². The van der Waals surface area contributed by atoms with Gasteiger partial charge in [-0.25, -0.2) is 0 Å². The zero-order valence-corrected chi connectivity index (χ0v) is 92.7. The Morgan fingerprint density at radius 2 is 0.469 bits per heavy atom. The number of aromatic hydroxyl groups is 1. The number of anilines is 4. The molecule has 12 aliphatic heterocycles. The maximum atomic E-state index is 12.2. The summed E-state index contributed by atoms with van der Waals surface area (Å²) >= 11 is 0. The van der Waals surface area contributed by atoms with Crippen LogP contribution >= 0.6 is 0 Å². The molecule has 12 saturated heterocycles. The minimum absolute atomic E-state index is 0.0232. The second-order valence-corrected chi connectivity index (χ2v) is 46.1. The molecule has 0 aromatic heterocycles. The SMILES string of the molecule is CC1(C)C[C@@H](CCN2CCC(c3ccccc3)CC2)OC1=O.CC1(C)C[C@H](CCN2CCC(c3ccccc3)CC2)OC1=O.CCC1(CC)CC(CCCN2CCN(c3ccc(C)cc3)CC2)OC1=O.CCC1(CC)CC(CCCN2CCN(c3ccc(C)cc3)CC2)OC1=O.CCC1(CC)CC(CCCN2CCN(c3ccc(O)cc3)CC2)OC1=O.CCC1(CC)CC(CCCN2CCN(c3ccccc3)CC2)OC1=O. The number of piperidine rings is 2. The van der Waals surface area contributed by atoms with Gasteiger partial charge in [0.25, 0.3) is 0 Å². The van der Waals surface area contributed by atoms with Crippen LogP contribution in [0.25, 0.3) is 0 Å². The van der Waals surface area contributed by atoms with Crippen molar-refractivity contribution >= 4 is 58.6 Å². The van der Waals surface area contributed by atoms with Gasteiger partial charge in [0.2, 0.25) is 0 Å². The van der Waals surface area contributed by atoms with Crippen LogP contribution in [0.15, 0.2) is 164 Å². The molecule has 0 radical (unpaired) electrons. The number of rotatable bonds is 36. The monoisotopic (exact) mass is 2020 g/mol. The maximum Gasteiger partial charge on any atom is 0.312 e. The van der Waals surface area contributed by atoms with Crippen LogP contribution < -0.4 is 19.6 Å². The van der Waals surface area contributed by atoms with E-state index in [0.717, 1.165) is 324 Å². The molecule has 18 rings (SSSR count). The van der Waals surface area contributed by atoms with Gasteiger partial charge in [-0.2, -0.15) is 0 Å². The summed E-state index contributed by atoms with van der Waals surface area (Å²) in [5.41, 5.74) is 9.36. The van der Waals surface area contributed by atoms with Gasteiger partial charge in [-0.1, -0.05) is 170 Å². The first kappa shape index (κ1) is 115. The summed E-state index contributed by atoms with van der Waals surface area (Å²) in [5, 5.41) is 9.41. The first-order chi connectivity index (χ1) is 70.9. The number of phenols is 1. The van der Waals surface area contributed by atoms with E-state index in [2.05, 4.69) is 258 Å². The minimum atomic E-state index is -0.287. The lowest BCUT2D eigenvalue weighted by molar-refractivity contribution is -0.150. The van der Waals surface area contributed by atoms with Crippen LogP contribution in [-0.2, 0) is 57.2 Å². The Labute approximate surface area is 884 Å². The van der Waals surface area contributed by atoms with Crippen molar-refractivity contribution in [1.29, 1.82) is 0 Å². The highest BCUT2D eigenvalue weighted by atomic mass is 16.6. The van der Waals surface area contributed by atoms with E-state index < -0.39 is 0 Å². The molecular weight excluding hydrogens is 1840 g/mol. The molecule has 6 aromatic carbocycles. The van der Waals surface area contributed by atoms with Crippen molar-refractivity contribution in [2.24, 2.45) is 32.5 Å². The summed E-state index contributed by atoms with van der Waals surface area (Å²) in [7, 11) is 0. The second-order valence-electron chi connectivity index (χ2n) is 46.1. The normalized spacial score (nSPS) is 24.2. The number of piperazine rings is 4. The van der Waals surface area contributed by atoms with Gasteiger partial charge in [0.15, 0.2) is 0 Å². The van der Waals surface area contributed by atoms with Crippen molar-refractivity contribution in [3.05, 3.63) is 186 Å². The molecule has 147 heavy (non-hydrogen) atoms. The van der Waals surface area contributed by atoms with Gasteiger partial charge in [0.05, 0.1) is 32.5 Å². The summed E-state index contributed by atoms with van der Waals surface area (Å²) in [6, 6.07) is 57.5. The molecule has 12 fully saturated rings. The Hall–Kier alpha value is -9.10. The van der Waals surface area contributed by atoms with Crippen molar-refractivity contribution in [2.45, 2.75) is 325 Å². The molecule has 12 heterocycles. The van der Waals surface area contributed by atoms with Gasteiger partial charge in [0.1, 0.15) is 42.4 Å². The van der Waals surface area contributed by atoms with Crippen LogP contribution in [0.4, 0.5) is 22.7 Å². The average molecular weight is 2020 g/mol. The number of esters is 6. The van der Waals surface area contributed by atoms with Crippen molar-refractivity contribution in [3.8, 4) is 5.75 Å². The first-order valence-corrected chi connectivity index (χ1v) is 57.6. The molecule has 0 saturated carbocycles. The Bertz CT molecular complexity index is 4560. The Balaban J connectivity index is 0.000000148. The van der Waals surface area contributed by atoms with Crippen LogP contribution in [-0.4, -0.2) is 277 Å². The Kier molecular flexibility index (Phi) is 43.6. The van der Waals surface area contributed by atoms with Crippen LogP contribution in [0.2, 0.25) is 0 Å². The van der Waals surface area contributed by atoms with Crippen molar-refractivity contribution in [3.63, 3.8) is 0 Å². The molecule has 6 aromatic rings. The van der Waals surface area contributed by atoms with Crippen molar-refractivity contribution in [2.75, 3.05) is 190 Å². The van der Waals surface area contributed by atoms with E-state index in [9.17, 15) is 33.9 Å². The van der Waals surface area contributed by atoms with E-state index >= 15 is 0 Å². The molecule has 0 aliphatic carbocycles. The highest BCUT2D eigenvalue weighted by Gasteiger charge is 2.51. The van der Waals surface area contributed by atoms with Gasteiger partial charge in [-0.15, -0.1) is 0 Å². The fourth-order valence-corrected chi connectivity index (χ4v) is 24.6. The fourth-order valence-electron chi connectivity index (χ4n) is 24.6. The molecule has 23 nitrogen and oxygen atoms in total. The molecule has 1 N–H and O–H groups in total. The maximum absolute atomic E-state index is 12.2. The number of benzene rings is 6. The van der Waals surface area contributed by atoms with Gasteiger partial charge in [0, 0.05) is 166 Å². The van der Waals surface area contributed by atoms with E-state index in [1.54, 1.807) is 12.1 Å². The number of nitrogens with zero attached hydrogens (tertiary/aromatic N) is 10. The van der Waals surface area contributed by atoms with Crippen LogP contribution in [0.3, 0.4) is 0 Å². The topological polar surface area (TPSA) is 210 Å². The number of likely N-dealkylation sites (tertiary alicyclic amines) is 2. The third kappa shape index (κ3) is 32.5. The number of hydrogen-bond donors (Lipinski definition) is 1. The Morgan fingerprint density at radius 3 is 0.701 bits per heavy atom. The number of aryl methyl sites for hydroxylation is 2. The number of cyclic esters (lactones) is 6. The Morgan fingerprint density at radius 1 is 0.252 bits per heavy atom. The second kappa shape index (κ2) is 55.8. The molecule has 810 valence electrons. The first-order valence-electron chi connectivity index (χ1n) is 57.6. The molecule has 4 unspecified atom stereocenters. The smallest absolute Gasteiger partial charge is 0.312 e. The zero-order chi connectivity index (χ0) is 105. The lowest BCUT2D eigenvalue weighted by atomic mass is 9.79. The van der Waals surface area contributed by atoms with Crippen molar-refractivity contribution in [1.82, 2.24) is 29.4 Å². The number of hydrogen-bond acceptors (Lipinski definition) is 23. The number of ether oxygens (including phenoxy) is 6. The van der Waals surface area contributed by atoms with Gasteiger partial charge < -0.3 is 62.9 Å². The third-order valence-electron chi connectivity index (χ3n) is 35.7. The molecule has 6 atom stereocenters.